The SMILES string of the molecule is COC(=O)c1cc(NC(=O)NCCCn2ccc(=O)[nH]c2=O)ccc1F. The average molecular weight is 364 g/mol. The van der Waals surface area contributed by atoms with Gasteiger partial charge < -0.3 is 19.9 Å². The van der Waals surface area contributed by atoms with Gasteiger partial charge in [0.05, 0.1) is 12.7 Å². The topological polar surface area (TPSA) is 122 Å². The lowest BCUT2D eigenvalue weighted by molar-refractivity contribution is 0.0595. The van der Waals surface area contributed by atoms with E-state index in [0.29, 0.717) is 13.0 Å². The summed E-state index contributed by atoms with van der Waals surface area (Å²) in [5, 5.41) is 5.03. The second-order valence-electron chi connectivity index (χ2n) is 5.22. The molecular formula is C16H17FN4O5. The second-order valence-corrected chi connectivity index (χ2v) is 5.22. The maximum Gasteiger partial charge on any atom is 0.340 e. The van der Waals surface area contributed by atoms with Gasteiger partial charge in [-0.05, 0) is 24.6 Å². The molecule has 0 radical (unpaired) electrons. The number of nitrogens with one attached hydrogen (secondary N) is 3. The Morgan fingerprint density at radius 3 is 2.73 bits per heavy atom. The van der Waals surface area contributed by atoms with Crippen molar-refractivity contribution in [2.75, 3.05) is 19.0 Å². The van der Waals surface area contributed by atoms with E-state index in [4.69, 9.17) is 0 Å². The van der Waals surface area contributed by atoms with Gasteiger partial charge in [0.15, 0.2) is 0 Å². The molecule has 0 unspecified atom stereocenters. The number of nitrogens with zero attached hydrogens (tertiary/aromatic N) is 1. The number of rotatable bonds is 6. The Morgan fingerprint density at radius 1 is 1.27 bits per heavy atom. The quantitative estimate of drug-likeness (QED) is 0.514. The predicted molar refractivity (Wildman–Crippen MR) is 90.7 cm³/mol. The molecule has 0 atom stereocenters. The molecule has 2 rings (SSSR count). The van der Waals surface area contributed by atoms with Crippen LogP contribution in [-0.2, 0) is 11.3 Å². The zero-order valence-corrected chi connectivity index (χ0v) is 13.9. The van der Waals surface area contributed by atoms with Crippen LogP contribution in [0.15, 0.2) is 40.1 Å². The van der Waals surface area contributed by atoms with Crippen LogP contribution in [0.2, 0.25) is 0 Å². The third kappa shape index (κ3) is 5.03. The van der Waals surface area contributed by atoms with Gasteiger partial charge >= 0.3 is 17.7 Å². The molecule has 0 aliphatic rings. The van der Waals surface area contributed by atoms with Crippen LogP contribution in [0.25, 0.3) is 0 Å². The van der Waals surface area contributed by atoms with Gasteiger partial charge in [-0.15, -0.1) is 0 Å². The molecule has 0 saturated carbocycles. The van der Waals surface area contributed by atoms with Crippen LogP contribution in [0.5, 0.6) is 0 Å². The highest BCUT2D eigenvalue weighted by Crippen LogP contribution is 2.15. The number of benzene rings is 1. The molecular weight excluding hydrogens is 347 g/mol. The van der Waals surface area contributed by atoms with E-state index in [-0.39, 0.29) is 17.8 Å². The number of urea groups is 1. The van der Waals surface area contributed by atoms with E-state index in [0.717, 1.165) is 13.2 Å². The molecule has 1 heterocycles. The number of ether oxygens (including phenoxy) is 1. The standard InChI is InChI=1S/C16H17FN4O5/c1-26-14(23)11-9-10(3-4-12(11)17)19-15(24)18-6-2-7-21-8-5-13(22)20-16(21)25/h3-5,8-9H,2,6-7H2,1H3,(H2,18,19,24)(H,20,22,25). The minimum Gasteiger partial charge on any atom is -0.465 e. The molecule has 0 spiro atoms. The van der Waals surface area contributed by atoms with Crippen molar-refractivity contribution in [2.24, 2.45) is 0 Å². The maximum atomic E-state index is 13.5. The molecule has 3 N–H and O–H groups in total. The van der Waals surface area contributed by atoms with Gasteiger partial charge in [-0.3, -0.25) is 9.78 Å². The normalized spacial score (nSPS) is 10.2. The number of halogens is 1. The first-order valence-electron chi connectivity index (χ1n) is 7.63. The summed E-state index contributed by atoms with van der Waals surface area (Å²) in [6, 6.07) is 4.20. The van der Waals surface area contributed by atoms with Gasteiger partial charge in [0.1, 0.15) is 5.82 Å². The summed E-state index contributed by atoms with van der Waals surface area (Å²) >= 11 is 0. The number of anilines is 1. The molecule has 26 heavy (non-hydrogen) atoms. The summed E-state index contributed by atoms with van der Waals surface area (Å²) in [4.78, 5) is 47.8. The summed E-state index contributed by atoms with van der Waals surface area (Å²) in [5.41, 5.74) is -1.07. The molecule has 10 heteroatoms. The number of amides is 2. The Hall–Kier alpha value is -3.43. The van der Waals surface area contributed by atoms with Crippen LogP contribution in [-0.4, -0.2) is 35.2 Å². The molecule has 0 saturated heterocycles. The minimum absolute atomic E-state index is 0.223. The third-order valence-corrected chi connectivity index (χ3v) is 3.39. The summed E-state index contributed by atoms with van der Waals surface area (Å²) in [6.07, 6.45) is 1.81. The number of methoxy groups -OCH3 is 1. The number of hydrogen-bond donors (Lipinski definition) is 3. The second kappa shape index (κ2) is 8.60. The van der Waals surface area contributed by atoms with Crippen LogP contribution in [0.4, 0.5) is 14.9 Å². The van der Waals surface area contributed by atoms with E-state index in [1.165, 1.54) is 29.0 Å². The fourth-order valence-corrected chi connectivity index (χ4v) is 2.12. The Labute approximate surface area is 146 Å². The molecule has 0 aliphatic heterocycles. The van der Waals surface area contributed by atoms with Gasteiger partial charge in [0.25, 0.3) is 5.56 Å². The zero-order valence-electron chi connectivity index (χ0n) is 13.9. The van der Waals surface area contributed by atoms with Crippen LogP contribution in [0.1, 0.15) is 16.8 Å². The molecule has 0 bridgehead atoms. The Morgan fingerprint density at radius 2 is 2.04 bits per heavy atom. The maximum absolute atomic E-state index is 13.5. The van der Waals surface area contributed by atoms with E-state index in [2.05, 4.69) is 20.4 Å². The fraction of sp³-hybridized carbons (Fsp3) is 0.250. The smallest absolute Gasteiger partial charge is 0.340 e. The van der Waals surface area contributed by atoms with E-state index >= 15 is 0 Å². The monoisotopic (exact) mass is 364 g/mol. The van der Waals surface area contributed by atoms with Crippen LogP contribution < -0.4 is 21.9 Å². The zero-order chi connectivity index (χ0) is 19.1. The van der Waals surface area contributed by atoms with Crippen molar-refractivity contribution in [3.05, 3.63) is 62.7 Å². The molecule has 138 valence electrons. The van der Waals surface area contributed by atoms with Gasteiger partial charge in [-0.1, -0.05) is 0 Å². The highest BCUT2D eigenvalue weighted by molar-refractivity contribution is 5.94. The number of aromatic amines is 1. The van der Waals surface area contributed by atoms with E-state index in [9.17, 15) is 23.6 Å². The first-order valence-corrected chi connectivity index (χ1v) is 7.63. The lowest BCUT2D eigenvalue weighted by Gasteiger charge is -2.09. The molecule has 1 aromatic carbocycles. The number of aryl methyl sites for hydroxylation is 1. The number of carbonyl (C=O) groups is 2. The number of hydrogen-bond acceptors (Lipinski definition) is 5. The van der Waals surface area contributed by atoms with Crippen LogP contribution in [0, 0.1) is 5.82 Å². The van der Waals surface area contributed by atoms with Crippen LogP contribution in [0.3, 0.4) is 0 Å². The molecule has 2 aromatic rings. The van der Waals surface area contributed by atoms with Crippen molar-refractivity contribution in [2.45, 2.75) is 13.0 Å². The number of H-pyrrole nitrogens is 1. The first kappa shape index (κ1) is 18.9. The van der Waals surface area contributed by atoms with Gasteiger partial charge in [0.2, 0.25) is 0 Å². The van der Waals surface area contributed by atoms with Crippen molar-refractivity contribution in [3.8, 4) is 0 Å². The van der Waals surface area contributed by atoms with E-state index in [1.54, 1.807) is 0 Å². The van der Waals surface area contributed by atoms with Crippen molar-refractivity contribution in [1.29, 1.82) is 0 Å². The number of carbonyl (C=O) groups excluding carboxylic acids is 2. The van der Waals surface area contributed by atoms with Gasteiger partial charge in [-0.2, -0.15) is 0 Å². The van der Waals surface area contributed by atoms with Crippen molar-refractivity contribution in [3.63, 3.8) is 0 Å². The molecule has 2 amide bonds. The van der Waals surface area contributed by atoms with Crippen LogP contribution >= 0.6 is 0 Å². The highest BCUT2D eigenvalue weighted by Gasteiger charge is 2.13. The fourth-order valence-electron chi connectivity index (χ4n) is 2.12. The molecule has 0 fully saturated rings. The lowest BCUT2D eigenvalue weighted by Crippen LogP contribution is -2.32. The largest absolute Gasteiger partial charge is 0.465 e. The minimum atomic E-state index is -0.849. The van der Waals surface area contributed by atoms with E-state index < -0.39 is 29.1 Å². The lowest BCUT2D eigenvalue weighted by atomic mass is 10.2. The van der Waals surface area contributed by atoms with Gasteiger partial charge in [0, 0.05) is 31.0 Å². The molecule has 9 nitrogen and oxygen atoms in total. The first-order chi connectivity index (χ1) is 12.4. The number of aromatic nitrogens is 2. The summed E-state index contributed by atoms with van der Waals surface area (Å²) < 4.78 is 19.3. The van der Waals surface area contributed by atoms with Crippen molar-refractivity contribution in [1.82, 2.24) is 14.9 Å². The number of esters is 1. The van der Waals surface area contributed by atoms with Crippen molar-refractivity contribution < 1.29 is 18.7 Å². The van der Waals surface area contributed by atoms with E-state index in [1.807, 2.05) is 0 Å². The summed E-state index contributed by atoms with van der Waals surface area (Å²) in [6.45, 7) is 0.557. The van der Waals surface area contributed by atoms with Gasteiger partial charge in [-0.25, -0.2) is 18.8 Å². The average Bonchev–Trinajstić information content (AvgIpc) is 2.61. The predicted octanol–water partition coefficient (Wildman–Crippen LogP) is 0.674. The van der Waals surface area contributed by atoms with Crippen molar-refractivity contribution >= 4 is 17.7 Å². The Balaban J connectivity index is 1.84. The summed E-state index contributed by atoms with van der Waals surface area (Å²) in [5.74, 6) is -1.60. The third-order valence-electron chi connectivity index (χ3n) is 3.39. The highest BCUT2D eigenvalue weighted by atomic mass is 19.1. The Bertz CT molecular complexity index is 921. The Kier molecular flexibility index (Phi) is 6.25. The molecule has 0 aliphatic carbocycles. The molecule has 1 aromatic heterocycles. The summed E-state index contributed by atoms with van der Waals surface area (Å²) in [7, 11) is 1.13.